The summed E-state index contributed by atoms with van der Waals surface area (Å²) in [7, 11) is 0. The third-order valence-electron chi connectivity index (χ3n) is 3.63. The summed E-state index contributed by atoms with van der Waals surface area (Å²) in [4.78, 5) is 6.55. The highest BCUT2D eigenvalue weighted by molar-refractivity contribution is 6.43. The molecule has 128 valence electrons. The van der Waals surface area contributed by atoms with E-state index in [-0.39, 0.29) is 0 Å². The van der Waals surface area contributed by atoms with Crippen molar-refractivity contribution in [2.75, 3.05) is 16.8 Å². The molecular weight excluding hydrogens is 357 g/mol. The smallest absolute Gasteiger partial charge is 0.251 e. The second kappa shape index (κ2) is 7.68. The fourth-order valence-electron chi connectivity index (χ4n) is 2.44. The van der Waals surface area contributed by atoms with Crippen LogP contribution < -0.4 is 10.2 Å². The van der Waals surface area contributed by atoms with Crippen LogP contribution in [0.1, 0.15) is 12.5 Å². The van der Waals surface area contributed by atoms with Gasteiger partial charge in [0.1, 0.15) is 0 Å². The number of halogens is 2. The zero-order valence-corrected chi connectivity index (χ0v) is 15.4. The van der Waals surface area contributed by atoms with Crippen LogP contribution in [0.25, 0.3) is 0 Å². The third-order valence-corrected chi connectivity index (χ3v) is 4.45. The SMILES string of the molecule is CCN(c1cccc(C)c1)c1nncc(Nc2cccc(Cl)c2Cl)n1. The Morgan fingerprint density at radius 2 is 1.92 bits per heavy atom. The molecule has 5 nitrogen and oxygen atoms in total. The van der Waals surface area contributed by atoms with Gasteiger partial charge in [-0.25, -0.2) is 0 Å². The molecule has 3 rings (SSSR count). The monoisotopic (exact) mass is 373 g/mol. The number of aromatic nitrogens is 3. The second-order valence-electron chi connectivity index (χ2n) is 5.45. The Bertz CT molecular complexity index is 885. The molecule has 1 N–H and O–H groups in total. The molecule has 0 fully saturated rings. The molecule has 3 aromatic rings. The van der Waals surface area contributed by atoms with E-state index in [1.165, 1.54) is 5.56 Å². The van der Waals surface area contributed by atoms with Gasteiger partial charge in [0.25, 0.3) is 5.95 Å². The van der Waals surface area contributed by atoms with Crippen molar-refractivity contribution in [2.45, 2.75) is 13.8 Å². The molecule has 0 radical (unpaired) electrons. The molecule has 0 amide bonds. The van der Waals surface area contributed by atoms with E-state index in [0.717, 1.165) is 5.69 Å². The van der Waals surface area contributed by atoms with Gasteiger partial charge in [-0.3, -0.25) is 0 Å². The topological polar surface area (TPSA) is 53.9 Å². The fourth-order valence-corrected chi connectivity index (χ4v) is 2.79. The normalized spacial score (nSPS) is 10.6. The number of aryl methyl sites for hydroxylation is 1. The first-order chi connectivity index (χ1) is 12.1. The minimum atomic E-state index is 0.440. The van der Waals surface area contributed by atoms with Gasteiger partial charge in [0.2, 0.25) is 0 Å². The van der Waals surface area contributed by atoms with Gasteiger partial charge in [-0.1, -0.05) is 41.4 Å². The van der Waals surface area contributed by atoms with E-state index >= 15 is 0 Å². The maximum atomic E-state index is 6.22. The zero-order chi connectivity index (χ0) is 17.8. The van der Waals surface area contributed by atoms with E-state index in [2.05, 4.69) is 39.6 Å². The number of anilines is 4. The summed E-state index contributed by atoms with van der Waals surface area (Å²) in [5.74, 6) is 1.05. The molecular formula is C18H17Cl2N5. The number of nitrogens with one attached hydrogen (secondary N) is 1. The van der Waals surface area contributed by atoms with Gasteiger partial charge in [0.15, 0.2) is 5.82 Å². The standard InChI is InChI=1S/C18H17Cl2N5/c1-3-25(13-7-4-6-12(2)10-13)18-23-16(11-21-24-18)22-15-9-5-8-14(19)17(15)20/h4-11H,3H2,1-2H3,(H,22,23,24). The van der Waals surface area contributed by atoms with Gasteiger partial charge in [-0.2, -0.15) is 10.1 Å². The van der Waals surface area contributed by atoms with Crippen LogP contribution in [-0.4, -0.2) is 21.7 Å². The third kappa shape index (κ3) is 4.00. The molecule has 0 aliphatic rings. The molecule has 0 spiro atoms. The van der Waals surface area contributed by atoms with Gasteiger partial charge < -0.3 is 10.2 Å². The molecule has 25 heavy (non-hydrogen) atoms. The molecule has 1 heterocycles. The molecule has 0 bridgehead atoms. The van der Waals surface area contributed by atoms with E-state index in [9.17, 15) is 0 Å². The molecule has 0 unspecified atom stereocenters. The van der Waals surface area contributed by atoms with Crippen molar-refractivity contribution in [1.29, 1.82) is 0 Å². The van der Waals surface area contributed by atoms with Crippen molar-refractivity contribution in [3.05, 3.63) is 64.3 Å². The van der Waals surface area contributed by atoms with Gasteiger partial charge in [-0.05, 0) is 43.7 Å². The van der Waals surface area contributed by atoms with E-state index in [0.29, 0.717) is 34.0 Å². The molecule has 0 aliphatic heterocycles. The van der Waals surface area contributed by atoms with E-state index < -0.39 is 0 Å². The predicted molar refractivity (Wildman–Crippen MR) is 103 cm³/mol. The first kappa shape index (κ1) is 17.5. The Kier molecular flexibility index (Phi) is 5.36. The Labute approximate surface area is 156 Å². The van der Waals surface area contributed by atoms with E-state index in [4.69, 9.17) is 23.2 Å². The summed E-state index contributed by atoms with van der Waals surface area (Å²) in [5.41, 5.74) is 2.85. The maximum absolute atomic E-state index is 6.22. The van der Waals surface area contributed by atoms with Gasteiger partial charge in [0.05, 0.1) is 21.9 Å². The lowest BCUT2D eigenvalue weighted by Crippen LogP contribution is -2.19. The molecule has 0 saturated carbocycles. The van der Waals surface area contributed by atoms with Crippen LogP contribution in [0, 0.1) is 6.92 Å². The van der Waals surface area contributed by atoms with Crippen molar-refractivity contribution in [3.63, 3.8) is 0 Å². The van der Waals surface area contributed by atoms with Crippen molar-refractivity contribution in [1.82, 2.24) is 15.2 Å². The quantitative estimate of drug-likeness (QED) is 0.649. The van der Waals surface area contributed by atoms with E-state index in [1.54, 1.807) is 12.3 Å². The first-order valence-electron chi connectivity index (χ1n) is 7.83. The number of benzene rings is 2. The summed E-state index contributed by atoms with van der Waals surface area (Å²) in [6.45, 7) is 4.81. The van der Waals surface area contributed by atoms with Crippen LogP contribution in [0.2, 0.25) is 10.0 Å². The predicted octanol–water partition coefficient (Wildman–Crippen LogP) is 5.39. The average molecular weight is 374 g/mol. The zero-order valence-electron chi connectivity index (χ0n) is 13.9. The first-order valence-corrected chi connectivity index (χ1v) is 8.59. The number of hydrogen-bond acceptors (Lipinski definition) is 5. The van der Waals surface area contributed by atoms with Crippen LogP contribution >= 0.6 is 23.2 Å². The Morgan fingerprint density at radius 3 is 2.68 bits per heavy atom. The highest BCUT2D eigenvalue weighted by Gasteiger charge is 2.13. The lowest BCUT2D eigenvalue weighted by Gasteiger charge is -2.21. The summed E-state index contributed by atoms with van der Waals surface area (Å²) in [6.07, 6.45) is 1.55. The lowest BCUT2D eigenvalue weighted by molar-refractivity contribution is 0.886. The maximum Gasteiger partial charge on any atom is 0.251 e. The van der Waals surface area contributed by atoms with Crippen LogP contribution in [0.4, 0.5) is 23.1 Å². The van der Waals surface area contributed by atoms with Gasteiger partial charge in [-0.15, -0.1) is 5.10 Å². The highest BCUT2D eigenvalue weighted by Crippen LogP contribution is 2.31. The van der Waals surface area contributed by atoms with Gasteiger partial charge >= 0.3 is 0 Å². The summed E-state index contributed by atoms with van der Waals surface area (Å²) >= 11 is 12.3. The van der Waals surface area contributed by atoms with Crippen LogP contribution in [0.5, 0.6) is 0 Å². The lowest BCUT2D eigenvalue weighted by atomic mass is 10.2. The Balaban J connectivity index is 1.91. The van der Waals surface area contributed by atoms with Crippen molar-refractivity contribution < 1.29 is 0 Å². The molecule has 7 heteroatoms. The summed E-state index contributed by atoms with van der Waals surface area (Å²) < 4.78 is 0. The molecule has 1 aromatic heterocycles. The Hall–Kier alpha value is -2.37. The fraction of sp³-hybridized carbons (Fsp3) is 0.167. The van der Waals surface area contributed by atoms with Crippen LogP contribution in [0.15, 0.2) is 48.7 Å². The van der Waals surface area contributed by atoms with E-state index in [1.807, 2.05) is 36.1 Å². The molecule has 2 aromatic carbocycles. The van der Waals surface area contributed by atoms with Crippen LogP contribution in [0.3, 0.4) is 0 Å². The van der Waals surface area contributed by atoms with Crippen LogP contribution in [-0.2, 0) is 0 Å². The number of hydrogen-bond donors (Lipinski definition) is 1. The summed E-state index contributed by atoms with van der Waals surface area (Å²) in [6, 6.07) is 13.5. The van der Waals surface area contributed by atoms with Crippen molar-refractivity contribution in [3.8, 4) is 0 Å². The molecule has 0 saturated heterocycles. The Morgan fingerprint density at radius 1 is 1.12 bits per heavy atom. The summed E-state index contributed by atoms with van der Waals surface area (Å²) in [5, 5.41) is 12.3. The largest absolute Gasteiger partial charge is 0.338 e. The number of nitrogens with zero attached hydrogens (tertiary/aromatic N) is 4. The van der Waals surface area contributed by atoms with Crippen molar-refractivity contribution >= 4 is 46.3 Å². The highest BCUT2D eigenvalue weighted by atomic mass is 35.5. The van der Waals surface area contributed by atoms with Crippen molar-refractivity contribution in [2.24, 2.45) is 0 Å². The minimum Gasteiger partial charge on any atom is -0.338 e. The van der Waals surface area contributed by atoms with Gasteiger partial charge in [0, 0.05) is 12.2 Å². The average Bonchev–Trinajstić information content (AvgIpc) is 2.60. The molecule has 0 atom stereocenters. The second-order valence-corrected chi connectivity index (χ2v) is 6.24. The number of rotatable bonds is 5. The minimum absolute atomic E-state index is 0.440. The molecule has 0 aliphatic carbocycles.